The maximum atomic E-state index is 11.3. The van der Waals surface area contributed by atoms with Crippen LogP contribution in [0.1, 0.15) is 24.2 Å². The van der Waals surface area contributed by atoms with Gasteiger partial charge in [-0.3, -0.25) is 19.8 Å². The van der Waals surface area contributed by atoms with Gasteiger partial charge in [0.25, 0.3) is 5.69 Å². The molecule has 0 fully saturated rings. The van der Waals surface area contributed by atoms with E-state index in [9.17, 15) is 14.9 Å². The SMILES string of the molecule is C=CCN(CC=C)C(CNc1ccc(C(N)=O)cc1[N+](=O)[O-])C(C)C. The van der Waals surface area contributed by atoms with E-state index in [1.807, 2.05) is 12.2 Å². The van der Waals surface area contributed by atoms with Gasteiger partial charge in [-0.05, 0) is 18.1 Å². The number of carbonyl (C=O) groups excluding carboxylic acids is 1. The molecule has 1 rings (SSSR count). The number of carbonyl (C=O) groups is 1. The lowest BCUT2D eigenvalue weighted by molar-refractivity contribution is -0.384. The molecular weight excluding hydrogens is 320 g/mol. The van der Waals surface area contributed by atoms with Crippen LogP contribution < -0.4 is 11.1 Å². The molecule has 1 aromatic carbocycles. The maximum absolute atomic E-state index is 11.3. The number of nitrogens with one attached hydrogen (secondary N) is 1. The third-order valence-corrected chi connectivity index (χ3v) is 3.95. The molecule has 1 aromatic rings. The van der Waals surface area contributed by atoms with Crippen molar-refractivity contribution in [3.8, 4) is 0 Å². The van der Waals surface area contributed by atoms with Crippen LogP contribution in [0.3, 0.4) is 0 Å². The van der Waals surface area contributed by atoms with Crippen molar-refractivity contribution in [2.24, 2.45) is 11.7 Å². The molecule has 7 heteroatoms. The van der Waals surface area contributed by atoms with Crippen LogP contribution in [0.4, 0.5) is 11.4 Å². The summed E-state index contributed by atoms with van der Waals surface area (Å²) >= 11 is 0. The van der Waals surface area contributed by atoms with Gasteiger partial charge in [0.2, 0.25) is 5.91 Å². The summed E-state index contributed by atoms with van der Waals surface area (Å²) in [4.78, 5) is 24.2. The fourth-order valence-corrected chi connectivity index (χ4v) is 2.66. The summed E-state index contributed by atoms with van der Waals surface area (Å²) in [6, 6.07) is 4.32. The molecule has 0 saturated carbocycles. The third-order valence-electron chi connectivity index (χ3n) is 3.95. The summed E-state index contributed by atoms with van der Waals surface area (Å²) in [5, 5.41) is 14.4. The number of rotatable bonds is 11. The van der Waals surface area contributed by atoms with Gasteiger partial charge in [0.15, 0.2) is 0 Å². The summed E-state index contributed by atoms with van der Waals surface area (Å²) in [5.74, 6) is -0.380. The van der Waals surface area contributed by atoms with Crippen LogP contribution in [0, 0.1) is 16.0 Å². The number of hydrogen-bond acceptors (Lipinski definition) is 5. The van der Waals surface area contributed by atoms with E-state index in [0.717, 1.165) is 0 Å². The van der Waals surface area contributed by atoms with Gasteiger partial charge in [-0.25, -0.2) is 0 Å². The van der Waals surface area contributed by atoms with Crippen molar-refractivity contribution in [2.75, 3.05) is 25.0 Å². The number of benzene rings is 1. The van der Waals surface area contributed by atoms with Crippen LogP contribution in [-0.2, 0) is 0 Å². The van der Waals surface area contributed by atoms with Crippen LogP contribution in [0.25, 0.3) is 0 Å². The Morgan fingerprint density at radius 3 is 2.40 bits per heavy atom. The zero-order chi connectivity index (χ0) is 19.0. The van der Waals surface area contributed by atoms with E-state index in [1.54, 1.807) is 0 Å². The lowest BCUT2D eigenvalue weighted by Crippen LogP contribution is -2.43. The average molecular weight is 346 g/mol. The molecule has 1 atom stereocenters. The van der Waals surface area contributed by atoms with E-state index < -0.39 is 10.8 Å². The molecule has 0 bridgehead atoms. The van der Waals surface area contributed by atoms with Crippen LogP contribution >= 0.6 is 0 Å². The highest BCUT2D eigenvalue weighted by Crippen LogP contribution is 2.26. The number of nitro groups is 1. The highest BCUT2D eigenvalue weighted by atomic mass is 16.6. The van der Waals surface area contributed by atoms with Gasteiger partial charge < -0.3 is 11.1 Å². The minimum Gasteiger partial charge on any atom is -0.378 e. The normalized spacial score (nSPS) is 12.0. The average Bonchev–Trinajstić information content (AvgIpc) is 2.54. The van der Waals surface area contributed by atoms with Crippen LogP contribution in [-0.4, -0.2) is 41.4 Å². The van der Waals surface area contributed by atoms with E-state index >= 15 is 0 Å². The van der Waals surface area contributed by atoms with Crippen molar-refractivity contribution in [1.82, 2.24) is 4.90 Å². The van der Waals surface area contributed by atoms with Crippen molar-refractivity contribution in [2.45, 2.75) is 19.9 Å². The number of primary amides is 1. The second-order valence-corrected chi connectivity index (χ2v) is 6.08. The highest BCUT2D eigenvalue weighted by Gasteiger charge is 2.22. The molecule has 3 N–H and O–H groups in total. The molecule has 0 aromatic heterocycles. The Kier molecular flexibility index (Phi) is 7.81. The maximum Gasteiger partial charge on any atom is 0.293 e. The Morgan fingerprint density at radius 1 is 1.36 bits per heavy atom. The van der Waals surface area contributed by atoms with Gasteiger partial charge in [-0.15, -0.1) is 13.2 Å². The number of nitrogens with two attached hydrogens (primary N) is 1. The molecule has 0 aliphatic rings. The molecule has 0 radical (unpaired) electrons. The van der Waals surface area contributed by atoms with E-state index in [4.69, 9.17) is 5.73 Å². The summed E-state index contributed by atoms with van der Waals surface area (Å²) in [6.07, 6.45) is 3.64. The van der Waals surface area contributed by atoms with E-state index in [-0.39, 0.29) is 17.3 Å². The topological polar surface area (TPSA) is 102 Å². The number of nitro benzene ring substituents is 1. The molecule has 0 aliphatic heterocycles. The second-order valence-electron chi connectivity index (χ2n) is 6.08. The first-order chi connectivity index (χ1) is 11.8. The minimum absolute atomic E-state index is 0.109. The Hall–Kier alpha value is -2.67. The van der Waals surface area contributed by atoms with Crippen LogP contribution in [0.5, 0.6) is 0 Å². The van der Waals surface area contributed by atoms with Gasteiger partial charge in [0, 0.05) is 37.3 Å². The van der Waals surface area contributed by atoms with E-state index in [0.29, 0.717) is 31.2 Å². The Balaban J connectivity index is 3.02. The van der Waals surface area contributed by atoms with Crippen molar-refractivity contribution >= 4 is 17.3 Å². The molecule has 136 valence electrons. The molecule has 25 heavy (non-hydrogen) atoms. The standard InChI is InChI=1S/C18H26N4O3/c1-5-9-21(10-6-2)17(13(3)4)12-20-15-8-7-14(18(19)23)11-16(15)22(24)25/h5-8,11,13,17,20H,1-2,9-10,12H2,3-4H3,(H2,19,23). The molecule has 0 saturated heterocycles. The minimum atomic E-state index is -0.696. The molecular formula is C18H26N4O3. The summed E-state index contributed by atoms with van der Waals surface area (Å²) in [6.45, 7) is 13.6. The number of amides is 1. The Bertz CT molecular complexity index is 633. The molecule has 1 amide bonds. The van der Waals surface area contributed by atoms with Crippen molar-refractivity contribution in [1.29, 1.82) is 0 Å². The first-order valence-corrected chi connectivity index (χ1v) is 8.09. The number of nitrogens with zero attached hydrogens (tertiary/aromatic N) is 2. The zero-order valence-corrected chi connectivity index (χ0v) is 14.8. The first kappa shape index (κ1) is 20.4. The zero-order valence-electron chi connectivity index (χ0n) is 14.8. The lowest BCUT2D eigenvalue weighted by Gasteiger charge is -2.33. The Morgan fingerprint density at radius 2 is 1.96 bits per heavy atom. The smallest absolute Gasteiger partial charge is 0.293 e. The number of anilines is 1. The van der Waals surface area contributed by atoms with Gasteiger partial charge >= 0.3 is 0 Å². The molecule has 7 nitrogen and oxygen atoms in total. The summed E-state index contributed by atoms with van der Waals surface area (Å²) in [7, 11) is 0. The predicted molar refractivity (Wildman–Crippen MR) is 101 cm³/mol. The lowest BCUT2D eigenvalue weighted by atomic mass is 10.0. The van der Waals surface area contributed by atoms with Crippen molar-refractivity contribution < 1.29 is 9.72 Å². The van der Waals surface area contributed by atoms with Gasteiger partial charge in [0.1, 0.15) is 5.69 Å². The first-order valence-electron chi connectivity index (χ1n) is 8.09. The van der Waals surface area contributed by atoms with Gasteiger partial charge in [-0.1, -0.05) is 26.0 Å². The summed E-state index contributed by atoms with van der Waals surface area (Å²) < 4.78 is 0. The summed E-state index contributed by atoms with van der Waals surface area (Å²) in [5.41, 5.74) is 5.49. The van der Waals surface area contributed by atoms with Crippen LogP contribution in [0.2, 0.25) is 0 Å². The monoisotopic (exact) mass is 346 g/mol. The third kappa shape index (κ3) is 5.72. The molecule has 0 spiro atoms. The predicted octanol–water partition coefficient (Wildman–Crippen LogP) is 2.80. The van der Waals surface area contributed by atoms with Gasteiger partial charge in [0.05, 0.1) is 4.92 Å². The van der Waals surface area contributed by atoms with Crippen molar-refractivity contribution in [3.05, 3.63) is 59.2 Å². The quantitative estimate of drug-likeness (QED) is 0.364. The Labute approximate surface area is 148 Å². The fraction of sp³-hybridized carbons (Fsp3) is 0.389. The second kappa shape index (κ2) is 9.58. The van der Waals surface area contributed by atoms with E-state index in [1.165, 1.54) is 18.2 Å². The highest BCUT2D eigenvalue weighted by molar-refractivity contribution is 5.94. The van der Waals surface area contributed by atoms with Crippen molar-refractivity contribution in [3.63, 3.8) is 0 Å². The van der Waals surface area contributed by atoms with Crippen LogP contribution in [0.15, 0.2) is 43.5 Å². The molecule has 1 unspecified atom stereocenters. The van der Waals surface area contributed by atoms with Gasteiger partial charge in [-0.2, -0.15) is 0 Å². The fourth-order valence-electron chi connectivity index (χ4n) is 2.66. The molecule has 0 heterocycles. The van der Waals surface area contributed by atoms with E-state index in [2.05, 4.69) is 37.2 Å². The number of hydrogen-bond donors (Lipinski definition) is 2. The molecule has 0 aliphatic carbocycles. The largest absolute Gasteiger partial charge is 0.378 e.